The van der Waals surface area contributed by atoms with Crippen molar-refractivity contribution in [2.75, 3.05) is 28.2 Å². The van der Waals surface area contributed by atoms with E-state index in [0.717, 1.165) is 11.5 Å². The third-order valence-electron chi connectivity index (χ3n) is 2.59. The van der Waals surface area contributed by atoms with Crippen LogP contribution in [0.1, 0.15) is 0 Å². The smallest absolute Gasteiger partial charge is 0.268 e. The van der Waals surface area contributed by atoms with Gasteiger partial charge in [-0.1, -0.05) is 21.5 Å². The predicted octanol–water partition coefficient (Wildman–Crippen LogP) is 0.575. The van der Waals surface area contributed by atoms with E-state index >= 15 is 0 Å². The first-order valence-electron chi connectivity index (χ1n) is 5.46. The number of aromatic nitrogens is 3. The maximum absolute atomic E-state index is 11.8. The Bertz CT molecular complexity index is 678. The van der Waals surface area contributed by atoms with Crippen LogP contribution in [0.2, 0.25) is 5.02 Å². The van der Waals surface area contributed by atoms with Gasteiger partial charge in [-0.2, -0.15) is 0 Å². The average molecular weight is 270 g/mol. The molecule has 1 N–H and O–H groups in total. The Morgan fingerprint density at radius 2 is 2.11 bits per heavy atom. The van der Waals surface area contributed by atoms with Crippen LogP contribution < -0.4 is 4.54 Å². The summed E-state index contributed by atoms with van der Waals surface area (Å²) in [5.74, 6) is 0.844. The maximum atomic E-state index is 11.8. The van der Waals surface area contributed by atoms with Crippen molar-refractivity contribution in [2.24, 2.45) is 0 Å². The molecule has 0 spiro atoms. The van der Waals surface area contributed by atoms with Gasteiger partial charge in [-0.3, -0.25) is 9.48 Å². The maximum Gasteiger partial charge on any atom is 0.380 e. The summed E-state index contributed by atoms with van der Waals surface area (Å²) < 4.78 is 4.34. The molecule has 1 heterocycles. The van der Waals surface area contributed by atoms with Gasteiger partial charge < -0.3 is 0 Å². The number of rotatable bonds is 0. The van der Waals surface area contributed by atoms with Crippen molar-refractivity contribution in [3.05, 3.63) is 28.1 Å². The predicted molar refractivity (Wildman–Crippen MR) is 70.9 cm³/mol. The van der Waals surface area contributed by atoms with Crippen LogP contribution in [0.3, 0.4) is 0 Å². The van der Waals surface area contributed by atoms with Crippen molar-refractivity contribution in [2.45, 2.75) is 0 Å². The molecule has 2 rings (SSSR count). The van der Waals surface area contributed by atoms with E-state index < -0.39 is 0 Å². The van der Waals surface area contributed by atoms with Crippen LogP contribution in [0.5, 0.6) is 0 Å². The van der Waals surface area contributed by atoms with Crippen LogP contribution in [-0.4, -0.2) is 53.5 Å². The molecule has 0 unspecified atom stereocenters. The van der Waals surface area contributed by atoms with Gasteiger partial charge >= 0.3 is 5.96 Å². The summed E-state index contributed by atoms with van der Waals surface area (Å²) in [7, 11) is 7.67. The molecule has 0 aliphatic heterocycles. The van der Waals surface area contributed by atoms with Crippen molar-refractivity contribution in [1.29, 1.82) is 0 Å². The third-order valence-corrected chi connectivity index (χ3v) is 2.82. The first-order valence-corrected chi connectivity index (χ1v) is 5.84. The van der Waals surface area contributed by atoms with Gasteiger partial charge in [-0.15, -0.1) is 0 Å². The molecule has 1 aromatic heterocycles. The minimum atomic E-state index is 0.503. The lowest BCUT2D eigenvalue weighted by molar-refractivity contribution is -0.541. The monoisotopic (exact) mass is 269 g/mol. The molecule has 0 bridgehead atoms. The third kappa shape index (κ3) is 1.99. The fourth-order valence-electron chi connectivity index (χ4n) is 2.00. The van der Waals surface area contributed by atoms with Gasteiger partial charge in [0.05, 0.1) is 32.7 Å². The summed E-state index contributed by atoms with van der Waals surface area (Å²) in [4.78, 5) is 13.8. The van der Waals surface area contributed by atoms with Gasteiger partial charge in [0.1, 0.15) is 0 Å². The SMILES string of the molecule is CN(C)C(n1[nH][n+](=O)c2cc(Cl)ccc21)=[N+](C)C. The van der Waals surface area contributed by atoms with Crippen molar-refractivity contribution >= 4 is 28.6 Å². The summed E-state index contributed by atoms with van der Waals surface area (Å²) in [6.45, 7) is 0. The van der Waals surface area contributed by atoms with Gasteiger partial charge in [0.15, 0.2) is 5.52 Å². The molecule has 0 aliphatic rings. The summed E-state index contributed by atoms with van der Waals surface area (Å²) in [6.07, 6.45) is 0. The number of fused-ring (bicyclic) bond motifs is 1. The van der Waals surface area contributed by atoms with Crippen LogP contribution in [0.15, 0.2) is 18.2 Å². The second kappa shape index (κ2) is 4.45. The first kappa shape index (κ1) is 12.6. The molecule has 0 aliphatic carbocycles. The van der Waals surface area contributed by atoms with Crippen molar-refractivity contribution in [3.63, 3.8) is 0 Å². The second-order valence-electron chi connectivity index (χ2n) is 4.45. The highest BCUT2D eigenvalue weighted by atomic mass is 35.5. The molecule has 18 heavy (non-hydrogen) atoms. The van der Waals surface area contributed by atoms with Gasteiger partial charge in [-0.05, 0) is 17.0 Å². The zero-order valence-electron chi connectivity index (χ0n) is 10.8. The fourth-order valence-corrected chi connectivity index (χ4v) is 2.17. The van der Waals surface area contributed by atoms with Gasteiger partial charge in [0.2, 0.25) is 5.52 Å². The molecule has 0 saturated carbocycles. The Hall–Kier alpha value is -1.82. The molecular formula is C11H16ClN5O+2. The number of hydrogen-bond donors (Lipinski definition) is 1. The van der Waals surface area contributed by atoms with E-state index in [0.29, 0.717) is 15.1 Å². The molecule has 96 valence electrons. The van der Waals surface area contributed by atoms with Gasteiger partial charge in [0.25, 0.3) is 0 Å². The number of H-pyrrole nitrogens is 1. The number of aromatic amines is 1. The molecule has 1 aromatic carbocycles. The number of halogens is 1. The van der Waals surface area contributed by atoms with E-state index in [9.17, 15) is 4.91 Å². The lowest BCUT2D eigenvalue weighted by atomic mass is 10.3. The minimum Gasteiger partial charge on any atom is -0.268 e. The van der Waals surface area contributed by atoms with E-state index in [1.165, 1.54) is 0 Å². The quantitative estimate of drug-likeness (QED) is 0.432. The normalized spacial score (nSPS) is 10.7. The summed E-state index contributed by atoms with van der Waals surface area (Å²) in [5.41, 5.74) is 1.27. The Balaban J connectivity index is 2.81. The van der Waals surface area contributed by atoms with E-state index in [1.54, 1.807) is 16.8 Å². The molecule has 0 amide bonds. The Morgan fingerprint density at radius 1 is 1.44 bits per heavy atom. The van der Waals surface area contributed by atoms with Gasteiger partial charge in [0, 0.05) is 11.1 Å². The molecule has 0 radical (unpaired) electrons. The molecule has 0 atom stereocenters. The first-order chi connectivity index (χ1) is 8.41. The molecular weight excluding hydrogens is 254 g/mol. The van der Waals surface area contributed by atoms with Crippen molar-refractivity contribution in [1.82, 2.24) is 14.8 Å². The van der Waals surface area contributed by atoms with E-state index in [2.05, 4.69) is 5.21 Å². The van der Waals surface area contributed by atoms with E-state index in [4.69, 9.17) is 11.6 Å². The topological polar surface area (TPSA) is 49.9 Å². The number of nitrogens with zero attached hydrogens (tertiary/aromatic N) is 4. The summed E-state index contributed by atoms with van der Waals surface area (Å²) in [5, 5.41) is 3.28. The highest BCUT2D eigenvalue weighted by Gasteiger charge is 2.23. The zero-order chi connectivity index (χ0) is 13.4. The van der Waals surface area contributed by atoms with Crippen LogP contribution in [-0.2, 0) is 0 Å². The second-order valence-corrected chi connectivity index (χ2v) is 4.89. The molecule has 2 aromatic rings. The van der Waals surface area contributed by atoms with Crippen molar-refractivity contribution in [3.8, 4) is 0 Å². The van der Waals surface area contributed by atoms with Gasteiger partial charge in [-0.25, -0.2) is 0 Å². The summed E-state index contributed by atoms with van der Waals surface area (Å²) in [6, 6.07) is 5.21. The van der Waals surface area contributed by atoms with Crippen LogP contribution in [0, 0.1) is 4.91 Å². The lowest BCUT2D eigenvalue weighted by Gasteiger charge is -2.10. The number of benzene rings is 1. The molecule has 0 fully saturated rings. The van der Waals surface area contributed by atoms with E-state index in [1.807, 2.05) is 43.7 Å². The Morgan fingerprint density at radius 3 is 2.67 bits per heavy atom. The largest absolute Gasteiger partial charge is 0.380 e. The molecule has 0 saturated heterocycles. The van der Waals surface area contributed by atoms with Crippen LogP contribution >= 0.6 is 11.6 Å². The zero-order valence-corrected chi connectivity index (χ0v) is 11.6. The molecule has 7 heteroatoms. The standard InChI is InChI=1S/C11H16ClN5O/c1-14(2)11(15(3)4)16-9-6-5-8(12)7-10(9)17(18)13-16/h5-7H,1-4H3,(H,13,18)/q+2. The number of nitrogens with one attached hydrogen (secondary N) is 1. The molecule has 6 nitrogen and oxygen atoms in total. The van der Waals surface area contributed by atoms with E-state index in [-0.39, 0.29) is 0 Å². The Kier molecular flexibility index (Phi) is 3.13. The van der Waals surface area contributed by atoms with Crippen LogP contribution in [0.25, 0.3) is 11.0 Å². The highest BCUT2D eigenvalue weighted by molar-refractivity contribution is 6.31. The summed E-state index contributed by atoms with van der Waals surface area (Å²) >= 11 is 5.90. The van der Waals surface area contributed by atoms with Crippen LogP contribution in [0.4, 0.5) is 0 Å². The highest BCUT2D eigenvalue weighted by Crippen LogP contribution is 2.15. The minimum absolute atomic E-state index is 0.503. The van der Waals surface area contributed by atoms with Crippen molar-refractivity contribution < 1.29 is 9.12 Å². The fraction of sp³-hybridized carbons (Fsp3) is 0.364. The average Bonchev–Trinajstić information content (AvgIpc) is 2.55. The number of hydrogen-bond acceptors (Lipinski definition) is 1. The Labute approximate surface area is 109 Å². The lowest BCUT2D eigenvalue weighted by Crippen LogP contribution is -2.38.